The van der Waals surface area contributed by atoms with Gasteiger partial charge in [0.2, 0.25) is 5.88 Å². The Morgan fingerprint density at radius 1 is 1.13 bits per heavy atom. The maximum Gasteiger partial charge on any atom is 0.409 e. The minimum Gasteiger partial charge on any atom is -0.481 e. The van der Waals surface area contributed by atoms with Gasteiger partial charge in [-0.2, -0.15) is 4.98 Å². The molecule has 122 valence electrons. The second-order valence-electron chi connectivity index (χ2n) is 5.24. The Kier molecular flexibility index (Phi) is 4.45. The third kappa shape index (κ3) is 3.28. The van der Waals surface area contributed by atoms with Crippen LogP contribution in [0.1, 0.15) is 6.92 Å². The van der Waals surface area contributed by atoms with Crippen molar-refractivity contribution < 1.29 is 14.3 Å². The molecular formula is C16H20N4O3. The highest BCUT2D eigenvalue weighted by molar-refractivity contribution is 5.77. The molecule has 0 aromatic carbocycles. The van der Waals surface area contributed by atoms with Gasteiger partial charge in [0, 0.05) is 37.6 Å². The van der Waals surface area contributed by atoms with E-state index < -0.39 is 0 Å². The van der Waals surface area contributed by atoms with Crippen LogP contribution in [0.15, 0.2) is 24.3 Å². The first-order valence-electron chi connectivity index (χ1n) is 7.69. The molecule has 0 unspecified atom stereocenters. The average Bonchev–Trinajstić information content (AvgIpc) is 2.61. The number of aromatic nitrogens is 2. The molecule has 3 rings (SSSR count). The Hall–Kier alpha value is -2.57. The molecule has 0 aliphatic carbocycles. The molecule has 1 saturated heterocycles. The van der Waals surface area contributed by atoms with Crippen LogP contribution in [0.2, 0.25) is 0 Å². The van der Waals surface area contributed by atoms with Crippen molar-refractivity contribution in [2.24, 2.45) is 0 Å². The van der Waals surface area contributed by atoms with Gasteiger partial charge in [-0.15, -0.1) is 0 Å². The predicted molar refractivity (Wildman–Crippen MR) is 86.9 cm³/mol. The highest BCUT2D eigenvalue weighted by Crippen LogP contribution is 2.20. The van der Waals surface area contributed by atoms with E-state index in [1.165, 1.54) is 0 Å². The molecular weight excluding hydrogens is 296 g/mol. The first kappa shape index (κ1) is 15.3. The number of carbonyl (C=O) groups is 1. The third-order valence-electron chi connectivity index (χ3n) is 3.85. The van der Waals surface area contributed by atoms with E-state index in [1.54, 1.807) is 12.0 Å². The van der Waals surface area contributed by atoms with Crippen molar-refractivity contribution in [3.63, 3.8) is 0 Å². The van der Waals surface area contributed by atoms with Gasteiger partial charge in [0.15, 0.2) is 5.65 Å². The van der Waals surface area contributed by atoms with Crippen molar-refractivity contribution >= 4 is 22.9 Å². The molecule has 0 bridgehead atoms. The molecule has 23 heavy (non-hydrogen) atoms. The minimum atomic E-state index is -0.245. The van der Waals surface area contributed by atoms with Crippen molar-refractivity contribution in [3.8, 4) is 5.88 Å². The Bertz CT molecular complexity index is 699. The first-order valence-corrected chi connectivity index (χ1v) is 7.69. The van der Waals surface area contributed by atoms with E-state index in [-0.39, 0.29) is 6.09 Å². The standard InChI is InChI=1S/C16H20N4O3/c1-3-23-16(21)20-10-8-19(9-11-20)13-6-4-12-5-7-14(22-2)18-15(12)17-13/h4-7H,3,8-11H2,1-2H3. The Morgan fingerprint density at radius 3 is 2.57 bits per heavy atom. The molecule has 1 fully saturated rings. The van der Waals surface area contributed by atoms with E-state index >= 15 is 0 Å². The van der Waals surface area contributed by atoms with Crippen molar-refractivity contribution in [1.29, 1.82) is 0 Å². The average molecular weight is 316 g/mol. The summed E-state index contributed by atoms with van der Waals surface area (Å²) in [5, 5.41) is 0.972. The summed E-state index contributed by atoms with van der Waals surface area (Å²) < 4.78 is 10.2. The van der Waals surface area contributed by atoms with E-state index in [1.807, 2.05) is 31.2 Å². The number of nitrogens with zero attached hydrogens (tertiary/aromatic N) is 4. The van der Waals surface area contributed by atoms with Gasteiger partial charge < -0.3 is 19.3 Å². The Balaban J connectivity index is 1.73. The second-order valence-corrected chi connectivity index (χ2v) is 5.24. The molecule has 1 aliphatic rings. The minimum absolute atomic E-state index is 0.245. The van der Waals surface area contributed by atoms with Crippen LogP contribution in [-0.2, 0) is 4.74 Å². The summed E-state index contributed by atoms with van der Waals surface area (Å²) in [7, 11) is 1.59. The van der Waals surface area contributed by atoms with Gasteiger partial charge in [-0.05, 0) is 25.1 Å². The molecule has 2 aromatic heterocycles. The number of pyridine rings is 2. The number of hydrogen-bond acceptors (Lipinski definition) is 6. The van der Waals surface area contributed by atoms with Gasteiger partial charge >= 0.3 is 6.09 Å². The van der Waals surface area contributed by atoms with Gasteiger partial charge in [-0.3, -0.25) is 0 Å². The van der Waals surface area contributed by atoms with Gasteiger partial charge in [-0.1, -0.05) is 0 Å². The lowest BCUT2D eigenvalue weighted by Crippen LogP contribution is -2.49. The number of ether oxygens (including phenoxy) is 2. The number of anilines is 1. The lowest BCUT2D eigenvalue weighted by Gasteiger charge is -2.34. The first-order chi connectivity index (χ1) is 11.2. The Labute approximate surface area is 134 Å². The third-order valence-corrected chi connectivity index (χ3v) is 3.85. The van der Waals surface area contributed by atoms with E-state index in [9.17, 15) is 4.79 Å². The second kappa shape index (κ2) is 6.68. The maximum atomic E-state index is 11.7. The molecule has 1 aliphatic heterocycles. The van der Waals surface area contributed by atoms with E-state index in [2.05, 4.69) is 14.9 Å². The largest absolute Gasteiger partial charge is 0.481 e. The number of rotatable bonds is 3. The number of amides is 1. The SMILES string of the molecule is CCOC(=O)N1CCN(c2ccc3ccc(OC)nc3n2)CC1. The smallest absolute Gasteiger partial charge is 0.409 e. The topological polar surface area (TPSA) is 67.8 Å². The van der Waals surface area contributed by atoms with Gasteiger partial charge in [0.1, 0.15) is 5.82 Å². The molecule has 1 amide bonds. The highest BCUT2D eigenvalue weighted by Gasteiger charge is 2.22. The highest BCUT2D eigenvalue weighted by atomic mass is 16.6. The molecule has 7 nitrogen and oxygen atoms in total. The number of piperazine rings is 1. The van der Waals surface area contributed by atoms with Crippen molar-refractivity contribution in [2.75, 3.05) is 44.8 Å². The van der Waals surface area contributed by atoms with Crippen LogP contribution in [0.4, 0.5) is 10.6 Å². The zero-order chi connectivity index (χ0) is 16.2. The zero-order valence-corrected chi connectivity index (χ0v) is 13.4. The lowest BCUT2D eigenvalue weighted by atomic mass is 10.2. The monoisotopic (exact) mass is 316 g/mol. The number of fused-ring (bicyclic) bond motifs is 1. The lowest BCUT2D eigenvalue weighted by molar-refractivity contribution is 0.105. The van der Waals surface area contributed by atoms with Gasteiger partial charge in [0.25, 0.3) is 0 Å². The number of carbonyl (C=O) groups excluding carboxylic acids is 1. The van der Waals surface area contributed by atoms with Crippen LogP contribution in [0.5, 0.6) is 5.88 Å². The molecule has 0 spiro atoms. The molecule has 0 atom stereocenters. The van der Waals surface area contributed by atoms with Crippen LogP contribution >= 0.6 is 0 Å². The van der Waals surface area contributed by atoms with E-state index in [0.29, 0.717) is 31.2 Å². The molecule has 2 aromatic rings. The summed E-state index contributed by atoms with van der Waals surface area (Å²) in [4.78, 5) is 24.6. The summed E-state index contributed by atoms with van der Waals surface area (Å²) >= 11 is 0. The van der Waals surface area contributed by atoms with Crippen molar-refractivity contribution in [3.05, 3.63) is 24.3 Å². The summed E-state index contributed by atoms with van der Waals surface area (Å²) in [5.74, 6) is 1.41. The number of hydrogen-bond donors (Lipinski definition) is 0. The molecule has 0 saturated carbocycles. The Morgan fingerprint density at radius 2 is 1.87 bits per heavy atom. The van der Waals surface area contributed by atoms with Crippen LogP contribution in [0.3, 0.4) is 0 Å². The summed E-state index contributed by atoms with van der Waals surface area (Å²) in [6, 6.07) is 7.75. The van der Waals surface area contributed by atoms with Crippen LogP contribution in [-0.4, -0.2) is 60.9 Å². The fourth-order valence-electron chi connectivity index (χ4n) is 2.59. The van der Waals surface area contributed by atoms with Gasteiger partial charge in [-0.25, -0.2) is 9.78 Å². The fourth-order valence-corrected chi connectivity index (χ4v) is 2.59. The molecule has 0 radical (unpaired) electrons. The van der Waals surface area contributed by atoms with Crippen LogP contribution in [0, 0.1) is 0 Å². The van der Waals surface area contributed by atoms with E-state index in [4.69, 9.17) is 9.47 Å². The van der Waals surface area contributed by atoms with Crippen molar-refractivity contribution in [2.45, 2.75) is 6.92 Å². The van der Waals surface area contributed by atoms with Gasteiger partial charge in [0.05, 0.1) is 13.7 Å². The number of methoxy groups -OCH3 is 1. The quantitative estimate of drug-likeness (QED) is 0.862. The molecule has 3 heterocycles. The summed E-state index contributed by atoms with van der Waals surface area (Å²) in [6.45, 7) is 4.92. The molecule has 0 N–H and O–H groups in total. The summed E-state index contributed by atoms with van der Waals surface area (Å²) in [5.41, 5.74) is 0.662. The normalized spacial score (nSPS) is 14.9. The summed E-state index contributed by atoms with van der Waals surface area (Å²) in [6.07, 6.45) is -0.245. The fraction of sp³-hybridized carbons (Fsp3) is 0.438. The van der Waals surface area contributed by atoms with Crippen LogP contribution < -0.4 is 9.64 Å². The maximum absolute atomic E-state index is 11.7. The molecule has 7 heteroatoms. The van der Waals surface area contributed by atoms with Crippen LogP contribution in [0.25, 0.3) is 11.0 Å². The van der Waals surface area contributed by atoms with E-state index in [0.717, 1.165) is 24.3 Å². The zero-order valence-electron chi connectivity index (χ0n) is 13.4. The predicted octanol–water partition coefficient (Wildman–Crippen LogP) is 1.92. The van der Waals surface area contributed by atoms with Crippen molar-refractivity contribution in [1.82, 2.24) is 14.9 Å².